The smallest absolute Gasteiger partial charge is 0.358 e. The molecule has 4 rings (SSSR count). The quantitative estimate of drug-likeness (QED) is 0.707. The molecule has 10 heteroatoms. The summed E-state index contributed by atoms with van der Waals surface area (Å²) < 4.78 is 39.6. The third-order valence-electron chi connectivity index (χ3n) is 7.14. The molecule has 2 fully saturated rings. The van der Waals surface area contributed by atoms with E-state index in [0.717, 1.165) is 31.4 Å². The highest BCUT2D eigenvalue weighted by atomic mass is 19.4. The number of alkyl halides is 3. The van der Waals surface area contributed by atoms with E-state index in [2.05, 4.69) is 41.1 Å². The van der Waals surface area contributed by atoms with Crippen LogP contribution in [0, 0.1) is 0 Å². The maximum Gasteiger partial charge on any atom is 0.416 e. The van der Waals surface area contributed by atoms with Crippen molar-refractivity contribution in [2.45, 2.75) is 75.9 Å². The molecule has 7 nitrogen and oxygen atoms in total. The van der Waals surface area contributed by atoms with E-state index >= 15 is 0 Å². The molecule has 0 radical (unpaired) electrons. The molecule has 4 atom stereocenters. The van der Waals surface area contributed by atoms with Gasteiger partial charge in [-0.05, 0) is 64.8 Å². The summed E-state index contributed by atoms with van der Waals surface area (Å²) in [6.45, 7) is 4.88. The van der Waals surface area contributed by atoms with E-state index in [-0.39, 0.29) is 29.2 Å². The van der Waals surface area contributed by atoms with Crippen LogP contribution in [0.25, 0.3) is 10.9 Å². The van der Waals surface area contributed by atoms with Gasteiger partial charge in [0, 0.05) is 36.1 Å². The molecule has 2 aromatic rings. The van der Waals surface area contributed by atoms with Crippen LogP contribution in [-0.2, 0) is 11.0 Å². The van der Waals surface area contributed by atoms with Gasteiger partial charge in [-0.1, -0.05) is 0 Å². The lowest BCUT2D eigenvalue weighted by Crippen LogP contribution is -2.56. The third-order valence-corrected chi connectivity index (χ3v) is 7.14. The Labute approximate surface area is 191 Å². The Morgan fingerprint density at radius 1 is 1.21 bits per heavy atom. The van der Waals surface area contributed by atoms with Crippen LogP contribution in [0.2, 0.25) is 0 Å². The van der Waals surface area contributed by atoms with Crippen LogP contribution < -0.4 is 11.1 Å². The predicted molar refractivity (Wildman–Crippen MR) is 121 cm³/mol. The van der Waals surface area contributed by atoms with Crippen LogP contribution in [0.5, 0.6) is 0 Å². The van der Waals surface area contributed by atoms with Crippen molar-refractivity contribution in [3.05, 3.63) is 30.1 Å². The van der Waals surface area contributed by atoms with Gasteiger partial charge in [0.2, 0.25) is 5.91 Å². The number of nitrogens with zero attached hydrogens (tertiary/aromatic N) is 4. The van der Waals surface area contributed by atoms with Crippen molar-refractivity contribution >= 4 is 22.6 Å². The number of benzene rings is 1. The third kappa shape index (κ3) is 4.77. The Morgan fingerprint density at radius 2 is 1.97 bits per heavy atom. The van der Waals surface area contributed by atoms with Crippen LogP contribution in [0.4, 0.5) is 19.0 Å². The molecule has 0 unspecified atom stereocenters. The molecule has 1 aromatic heterocycles. The first-order valence-electron chi connectivity index (χ1n) is 11.4. The van der Waals surface area contributed by atoms with E-state index in [1.807, 2.05) is 4.90 Å². The van der Waals surface area contributed by atoms with Crippen LogP contribution in [-0.4, -0.2) is 69.5 Å². The Morgan fingerprint density at radius 3 is 2.64 bits per heavy atom. The van der Waals surface area contributed by atoms with Gasteiger partial charge in [0.05, 0.1) is 11.1 Å². The molecule has 1 saturated heterocycles. The average Bonchev–Trinajstić information content (AvgIpc) is 3.12. The summed E-state index contributed by atoms with van der Waals surface area (Å²) in [7, 11) is 2.11. The van der Waals surface area contributed by atoms with Crippen molar-refractivity contribution in [3.63, 3.8) is 0 Å². The van der Waals surface area contributed by atoms with E-state index in [9.17, 15) is 18.0 Å². The fraction of sp³-hybridized carbons (Fsp3) is 0.609. The average molecular weight is 465 g/mol. The number of hydrogen-bond acceptors (Lipinski definition) is 6. The number of fused-ring (bicyclic) bond motifs is 1. The lowest BCUT2D eigenvalue weighted by Gasteiger charge is -2.43. The molecule has 180 valence electrons. The summed E-state index contributed by atoms with van der Waals surface area (Å²) in [5.41, 5.74) is 6.12. The van der Waals surface area contributed by atoms with Crippen molar-refractivity contribution in [3.8, 4) is 0 Å². The SMILES string of the molecule is CC(C)N(C)[C@@H]1CC[C@H](N2CC[C@H](Nc3ncnc4ccc(C(F)(F)F)cc34)C2=O)[C@H](N)C1. The van der Waals surface area contributed by atoms with Gasteiger partial charge in [-0.2, -0.15) is 13.2 Å². The number of halogens is 3. The van der Waals surface area contributed by atoms with Gasteiger partial charge in [-0.15, -0.1) is 0 Å². The van der Waals surface area contributed by atoms with Gasteiger partial charge in [0.1, 0.15) is 18.2 Å². The van der Waals surface area contributed by atoms with Gasteiger partial charge in [0.15, 0.2) is 0 Å². The summed E-state index contributed by atoms with van der Waals surface area (Å²) in [6.07, 6.45) is 0.00961. The standard InChI is InChI=1S/C23H31F3N6O/c1-13(2)31(3)15-5-7-20(17(27)11-15)32-9-8-19(22(32)33)30-21-16-10-14(23(24,25)26)4-6-18(16)28-12-29-21/h4,6,10,12-13,15,17,19-20H,5,7-9,11,27H2,1-3H3,(H,28,29,30)/t15-,17-,19+,20+/m1/s1. The summed E-state index contributed by atoms with van der Waals surface area (Å²) in [6, 6.07) is 3.48. The molecule has 3 N–H and O–H groups in total. The molecular weight excluding hydrogens is 433 g/mol. The minimum absolute atomic E-state index is 0.0277. The fourth-order valence-corrected chi connectivity index (χ4v) is 5.02. The summed E-state index contributed by atoms with van der Waals surface area (Å²) in [5.74, 6) is 0.155. The summed E-state index contributed by atoms with van der Waals surface area (Å²) >= 11 is 0. The number of aromatic nitrogens is 2. The van der Waals surface area contributed by atoms with Gasteiger partial charge >= 0.3 is 6.18 Å². The topological polar surface area (TPSA) is 87.4 Å². The second kappa shape index (κ2) is 9.06. The highest BCUT2D eigenvalue weighted by Crippen LogP contribution is 2.34. The Kier molecular flexibility index (Phi) is 6.50. The zero-order valence-electron chi connectivity index (χ0n) is 19.1. The Hall–Kier alpha value is -2.46. The van der Waals surface area contributed by atoms with Crippen LogP contribution in [0.3, 0.4) is 0 Å². The first kappa shape index (κ1) is 23.7. The fourth-order valence-electron chi connectivity index (χ4n) is 5.02. The summed E-state index contributed by atoms with van der Waals surface area (Å²) in [5, 5.41) is 3.32. The second-order valence-corrected chi connectivity index (χ2v) is 9.43. The maximum atomic E-state index is 13.2. The van der Waals surface area contributed by atoms with Crippen molar-refractivity contribution < 1.29 is 18.0 Å². The van der Waals surface area contributed by atoms with Crippen LogP contribution >= 0.6 is 0 Å². The number of hydrogen-bond donors (Lipinski definition) is 2. The number of nitrogens with one attached hydrogen (secondary N) is 1. The van der Waals surface area contributed by atoms with Gasteiger partial charge in [-0.3, -0.25) is 4.79 Å². The van der Waals surface area contributed by atoms with E-state index in [4.69, 9.17) is 5.73 Å². The largest absolute Gasteiger partial charge is 0.416 e. The van der Waals surface area contributed by atoms with Gasteiger partial charge < -0.3 is 20.9 Å². The number of likely N-dealkylation sites (tertiary alicyclic amines) is 1. The number of carbonyl (C=O) groups excluding carboxylic acids is 1. The van der Waals surface area contributed by atoms with E-state index in [1.54, 1.807) is 0 Å². The van der Waals surface area contributed by atoms with Gasteiger partial charge in [-0.25, -0.2) is 9.97 Å². The number of carbonyl (C=O) groups is 1. The van der Waals surface area contributed by atoms with Crippen molar-refractivity contribution in [1.29, 1.82) is 0 Å². The first-order chi connectivity index (χ1) is 15.6. The molecule has 1 aliphatic heterocycles. The van der Waals surface area contributed by atoms with E-state index in [0.29, 0.717) is 30.6 Å². The molecule has 1 saturated carbocycles. The molecule has 1 amide bonds. The molecular formula is C23H31F3N6O. The zero-order chi connectivity index (χ0) is 23.9. The van der Waals surface area contributed by atoms with Crippen LogP contribution in [0.15, 0.2) is 24.5 Å². The number of anilines is 1. The highest BCUT2D eigenvalue weighted by molar-refractivity contribution is 5.93. The molecule has 0 bridgehead atoms. The molecule has 2 heterocycles. The lowest BCUT2D eigenvalue weighted by atomic mass is 9.85. The molecule has 1 aromatic carbocycles. The number of nitrogens with two attached hydrogens (primary N) is 1. The van der Waals surface area contributed by atoms with Crippen molar-refractivity contribution in [1.82, 2.24) is 19.8 Å². The van der Waals surface area contributed by atoms with Crippen LogP contribution in [0.1, 0.15) is 45.1 Å². The first-order valence-corrected chi connectivity index (χ1v) is 11.4. The number of rotatable bonds is 5. The van der Waals surface area contributed by atoms with Gasteiger partial charge in [0.25, 0.3) is 0 Å². The minimum Gasteiger partial charge on any atom is -0.358 e. The Balaban J connectivity index is 1.48. The minimum atomic E-state index is -4.47. The maximum absolute atomic E-state index is 13.2. The van der Waals surface area contributed by atoms with E-state index in [1.165, 1.54) is 12.4 Å². The Bertz CT molecular complexity index is 1010. The van der Waals surface area contributed by atoms with Crippen molar-refractivity contribution in [2.75, 3.05) is 18.9 Å². The second-order valence-electron chi connectivity index (χ2n) is 9.43. The summed E-state index contributed by atoms with van der Waals surface area (Å²) in [4.78, 5) is 25.6. The zero-order valence-corrected chi connectivity index (χ0v) is 19.1. The number of amides is 1. The highest BCUT2D eigenvalue weighted by Gasteiger charge is 2.41. The molecule has 33 heavy (non-hydrogen) atoms. The normalized spacial score (nSPS) is 26.6. The molecule has 1 aliphatic carbocycles. The van der Waals surface area contributed by atoms with Crippen molar-refractivity contribution in [2.24, 2.45) is 5.73 Å². The predicted octanol–water partition coefficient (Wildman–Crippen LogP) is 3.25. The molecule has 0 spiro atoms. The monoisotopic (exact) mass is 464 g/mol. The lowest BCUT2D eigenvalue weighted by molar-refractivity contribution is -0.137. The molecule has 2 aliphatic rings. The van der Waals surface area contributed by atoms with E-state index < -0.39 is 17.8 Å².